The second-order valence-corrected chi connectivity index (χ2v) is 11.2. The van der Waals surface area contributed by atoms with Crippen LogP contribution in [0.15, 0.2) is 83.1 Å². The number of nitrogens with zero attached hydrogens (tertiary/aromatic N) is 1. The van der Waals surface area contributed by atoms with Crippen LogP contribution < -0.4 is 10.6 Å². The minimum Gasteiger partial charge on any atom is -0.336 e. The predicted molar refractivity (Wildman–Crippen MR) is 152 cm³/mol. The third-order valence-corrected chi connectivity index (χ3v) is 8.82. The van der Waals surface area contributed by atoms with E-state index in [1.54, 1.807) is 0 Å². The first kappa shape index (κ1) is 26.2. The first-order chi connectivity index (χ1) is 17.3. The Balaban J connectivity index is 1.72. The summed E-state index contributed by atoms with van der Waals surface area (Å²) in [5, 5.41) is 12.0. The average molecular weight is 527 g/mol. The Bertz CT molecular complexity index is 1060. The number of nitrogens with two attached hydrogens (primary N) is 1. The van der Waals surface area contributed by atoms with Gasteiger partial charge in [-0.05, 0) is 48.6 Å². The van der Waals surface area contributed by atoms with Crippen LogP contribution in [0.1, 0.15) is 29.5 Å². The molecule has 3 aromatic rings. The molecule has 0 spiro atoms. The molecule has 3 aromatic carbocycles. The van der Waals surface area contributed by atoms with E-state index in [2.05, 4.69) is 93.1 Å². The van der Waals surface area contributed by atoms with Gasteiger partial charge in [-0.2, -0.15) is 0 Å². The van der Waals surface area contributed by atoms with Gasteiger partial charge in [-0.15, -0.1) is 27.9 Å². The second-order valence-electron chi connectivity index (χ2n) is 7.93. The maximum absolute atomic E-state index is 8.33. The molecule has 0 saturated carbocycles. The summed E-state index contributed by atoms with van der Waals surface area (Å²) >= 11 is 4.88. The number of hydrogen-bond donors (Lipinski definition) is 2. The normalized spacial score (nSPS) is 12.4. The molecule has 0 unspecified atom stereocenters. The second kappa shape index (κ2) is 14.0. The summed E-state index contributed by atoms with van der Waals surface area (Å²) in [6, 6.07) is 28.1. The molecular weight excluding hydrogens is 497 g/mol. The molecule has 5 nitrogen and oxygen atoms in total. The Morgan fingerprint density at radius 3 is 2.00 bits per heavy atom. The number of thioether (sulfide) groups is 2. The van der Waals surface area contributed by atoms with Crippen molar-refractivity contribution >= 4 is 52.5 Å². The van der Waals surface area contributed by atoms with Crippen LogP contribution in [0.5, 0.6) is 0 Å². The molecule has 0 bridgehead atoms. The van der Waals surface area contributed by atoms with Gasteiger partial charge >= 0.3 is 0 Å². The molecule has 1 aliphatic rings. The molecule has 3 N–H and O–H groups in total. The summed E-state index contributed by atoms with van der Waals surface area (Å²) in [6.45, 7) is 1.50. The Morgan fingerprint density at radius 2 is 1.37 bits per heavy atom. The standard InChI is InChI=1S/C27H30N2O3S3/c28-16-8-17-33-27(34-18-9-19-35-32-31-30)26-22-12-4-6-14-24(22)29(20-21-10-2-1-3-11-21)25-15-7-5-13-23(25)26/h1-7,10-15,30H,8-9,16-20,28H2. The van der Waals surface area contributed by atoms with Gasteiger partial charge in [-0.1, -0.05) is 71.8 Å². The number of fused-ring (bicyclic) bond motifs is 2. The Hall–Kier alpha value is -1.91. The van der Waals surface area contributed by atoms with E-state index in [0.29, 0.717) is 6.54 Å². The van der Waals surface area contributed by atoms with Crippen LogP contribution >= 0.6 is 35.6 Å². The van der Waals surface area contributed by atoms with Crippen LogP contribution in [0.25, 0.3) is 5.57 Å². The summed E-state index contributed by atoms with van der Waals surface area (Å²) in [6.07, 6.45) is 1.90. The number of anilines is 2. The van der Waals surface area contributed by atoms with E-state index >= 15 is 0 Å². The van der Waals surface area contributed by atoms with Crippen molar-refractivity contribution in [3.63, 3.8) is 0 Å². The molecular formula is C27H30N2O3S3. The minimum atomic E-state index is 0.688. The van der Waals surface area contributed by atoms with Crippen LogP contribution in [-0.4, -0.2) is 29.1 Å². The van der Waals surface area contributed by atoms with Crippen LogP contribution in [0.3, 0.4) is 0 Å². The molecule has 0 saturated heterocycles. The molecule has 0 atom stereocenters. The van der Waals surface area contributed by atoms with Gasteiger partial charge < -0.3 is 10.6 Å². The number of para-hydroxylation sites is 2. The first-order valence-electron chi connectivity index (χ1n) is 11.6. The molecule has 0 aromatic heterocycles. The van der Waals surface area contributed by atoms with Crippen LogP contribution in [-0.2, 0) is 15.9 Å². The topological polar surface area (TPSA) is 68.0 Å². The van der Waals surface area contributed by atoms with Crippen LogP contribution in [0, 0.1) is 0 Å². The summed E-state index contributed by atoms with van der Waals surface area (Å²) in [5.74, 6) is 2.66. The van der Waals surface area contributed by atoms with Crippen molar-refractivity contribution in [3.8, 4) is 0 Å². The molecule has 184 valence electrons. The van der Waals surface area contributed by atoms with Crippen molar-refractivity contribution in [2.24, 2.45) is 5.73 Å². The van der Waals surface area contributed by atoms with Gasteiger partial charge in [0.2, 0.25) is 0 Å². The van der Waals surface area contributed by atoms with E-state index in [9.17, 15) is 0 Å². The third-order valence-electron chi connectivity index (χ3n) is 5.58. The lowest BCUT2D eigenvalue weighted by molar-refractivity contribution is -0.432. The maximum atomic E-state index is 8.33. The Labute approximate surface area is 220 Å². The molecule has 8 heteroatoms. The van der Waals surface area contributed by atoms with Gasteiger partial charge in [0.25, 0.3) is 0 Å². The molecule has 1 aliphatic heterocycles. The fourth-order valence-corrected chi connectivity index (χ4v) is 7.13. The molecule has 0 radical (unpaired) electrons. The minimum absolute atomic E-state index is 0.688. The molecule has 4 rings (SSSR count). The zero-order valence-corrected chi connectivity index (χ0v) is 21.9. The molecule has 0 aliphatic carbocycles. The van der Waals surface area contributed by atoms with E-state index in [1.807, 2.05) is 23.5 Å². The van der Waals surface area contributed by atoms with Crippen molar-refractivity contribution in [2.75, 3.05) is 28.7 Å². The lowest BCUT2D eigenvalue weighted by Gasteiger charge is -2.35. The van der Waals surface area contributed by atoms with Gasteiger partial charge in [0, 0.05) is 56.7 Å². The van der Waals surface area contributed by atoms with Gasteiger partial charge in [-0.3, -0.25) is 0 Å². The van der Waals surface area contributed by atoms with E-state index in [4.69, 9.17) is 11.0 Å². The average Bonchev–Trinajstić information content (AvgIpc) is 2.90. The summed E-state index contributed by atoms with van der Waals surface area (Å²) in [4.78, 5) is 2.43. The lowest BCUT2D eigenvalue weighted by Crippen LogP contribution is -2.23. The van der Waals surface area contributed by atoms with E-state index in [0.717, 1.165) is 48.7 Å². The summed E-state index contributed by atoms with van der Waals surface area (Å²) in [7, 11) is 0. The van der Waals surface area contributed by atoms with Crippen molar-refractivity contribution < 1.29 is 14.6 Å². The fourth-order valence-electron chi connectivity index (χ4n) is 4.04. The predicted octanol–water partition coefficient (Wildman–Crippen LogP) is 7.33. The van der Waals surface area contributed by atoms with Crippen LogP contribution in [0.4, 0.5) is 11.4 Å². The highest BCUT2D eigenvalue weighted by Crippen LogP contribution is 2.50. The fraction of sp³-hybridized carbons (Fsp3) is 0.259. The van der Waals surface area contributed by atoms with Gasteiger partial charge in [0.15, 0.2) is 0 Å². The molecule has 0 fully saturated rings. The Kier molecular flexibility index (Phi) is 10.5. The van der Waals surface area contributed by atoms with E-state index in [1.165, 1.54) is 37.9 Å². The van der Waals surface area contributed by atoms with Crippen molar-refractivity contribution in [2.45, 2.75) is 19.4 Å². The number of hydrogen-bond acceptors (Lipinski definition) is 8. The maximum Gasteiger partial charge on any atom is 0.0494 e. The first-order valence-corrected chi connectivity index (χ1v) is 14.5. The summed E-state index contributed by atoms with van der Waals surface area (Å²) in [5.41, 5.74) is 13.4. The van der Waals surface area contributed by atoms with E-state index in [-0.39, 0.29) is 0 Å². The number of benzene rings is 3. The highest BCUT2D eigenvalue weighted by molar-refractivity contribution is 8.22. The zero-order chi connectivity index (χ0) is 24.3. The van der Waals surface area contributed by atoms with E-state index < -0.39 is 0 Å². The Morgan fingerprint density at radius 1 is 0.771 bits per heavy atom. The smallest absolute Gasteiger partial charge is 0.0494 e. The number of rotatable bonds is 13. The molecule has 0 amide bonds. The largest absolute Gasteiger partial charge is 0.336 e. The molecule has 35 heavy (non-hydrogen) atoms. The lowest BCUT2D eigenvalue weighted by atomic mass is 9.91. The monoisotopic (exact) mass is 526 g/mol. The molecule has 1 heterocycles. The van der Waals surface area contributed by atoms with Crippen LogP contribution in [0.2, 0.25) is 0 Å². The zero-order valence-electron chi connectivity index (χ0n) is 19.5. The van der Waals surface area contributed by atoms with Crippen molar-refractivity contribution in [3.05, 3.63) is 99.8 Å². The van der Waals surface area contributed by atoms with Gasteiger partial charge in [0.1, 0.15) is 0 Å². The van der Waals surface area contributed by atoms with Gasteiger partial charge in [-0.25, -0.2) is 5.26 Å². The third kappa shape index (κ3) is 6.86. The van der Waals surface area contributed by atoms with Crippen molar-refractivity contribution in [1.82, 2.24) is 0 Å². The summed E-state index contributed by atoms with van der Waals surface area (Å²) < 4.78 is 5.84. The highest BCUT2D eigenvalue weighted by atomic mass is 32.2. The SMILES string of the molecule is NCCCSC(SCCCSOOO)=C1c2ccccc2N(Cc2ccccc2)c2ccccc21. The van der Waals surface area contributed by atoms with Crippen molar-refractivity contribution in [1.29, 1.82) is 0 Å². The quantitative estimate of drug-likeness (QED) is 0.104. The van der Waals surface area contributed by atoms with Gasteiger partial charge in [0.05, 0.1) is 0 Å². The highest BCUT2D eigenvalue weighted by Gasteiger charge is 2.28.